The van der Waals surface area contributed by atoms with Crippen LogP contribution >= 0.6 is 0 Å². The van der Waals surface area contributed by atoms with Crippen LogP contribution in [0.5, 0.6) is 0 Å². The van der Waals surface area contributed by atoms with Crippen LogP contribution in [-0.2, 0) is 4.79 Å². The molecule has 1 atom stereocenters. The maximum Gasteiger partial charge on any atom is 0.237 e. The van der Waals surface area contributed by atoms with Gasteiger partial charge in [0.2, 0.25) is 5.91 Å². The number of likely N-dealkylation sites (tertiary alicyclic amines) is 1. The first-order chi connectivity index (χ1) is 10.7. The Morgan fingerprint density at radius 2 is 1.91 bits per heavy atom. The third-order valence-corrected chi connectivity index (χ3v) is 4.01. The lowest BCUT2D eigenvalue weighted by Crippen LogP contribution is -2.40. The monoisotopic (exact) mass is 302 g/mol. The summed E-state index contributed by atoms with van der Waals surface area (Å²) in [6.07, 6.45) is 5.51. The highest BCUT2D eigenvalue weighted by molar-refractivity contribution is 5.78. The number of hydrogen-bond acceptors (Lipinski definition) is 2. The number of amides is 1. The molecular weight excluding hydrogens is 279 g/mol. The molecule has 1 aliphatic heterocycles. The molecule has 0 bridgehead atoms. The third-order valence-electron chi connectivity index (χ3n) is 4.01. The van der Waals surface area contributed by atoms with Crippen molar-refractivity contribution in [2.75, 3.05) is 26.2 Å². The first kappa shape index (κ1) is 16.4. The molecule has 1 fully saturated rings. The van der Waals surface area contributed by atoms with E-state index in [0.29, 0.717) is 19.6 Å². The molecule has 0 radical (unpaired) electrons. The molecule has 1 saturated heterocycles. The zero-order valence-electron chi connectivity index (χ0n) is 12.9. The van der Waals surface area contributed by atoms with Crippen LogP contribution in [0.3, 0.4) is 0 Å². The number of carbonyl (C=O) groups is 1. The largest absolute Gasteiger partial charge is 0.334 e. The highest BCUT2D eigenvalue weighted by Crippen LogP contribution is 2.31. The zero-order valence-corrected chi connectivity index (χ0v) is 12.9. The first-order valence-corrected chi connectivity index (χ1v) is 7.64. The number of halogens is 1. The van der Waals surface area contributed by atoms with Crippen molar-refractivity contribution >= 4 is 5.91 Å². The second-order valence-corrected chi connectivity index (χ2v) is 5.56. The molecular formula is C18H23FN2O. The fourth-order valence-electron chi connectivity index (χ4n) is 2.94. The van der Waals surface area contributed by atoms with Crippen LogP contribution in [0.4, 0.5) is 4.39 Å². The minimum absolute atomic E-state index is 0.0776. The maximum atomic E-state index is 13.1. The predicted molar refractivity (Wildman–Crippen MR) is 86.9 cm³/mol. The van der Waals surface area contributed by atoms with Gasteiger partial charge in [0.25, 0.3) is 0 Å². The standard InChI is InChI=1S/C18H23FN2O/c1-3-11-20(12-4-2)18(22)14-21-13-5-6-17(21)15-7-9-16(19)10-8-15/h3-4,7-10,17H,1-2,5-6,11-14H2. The van der Waals surface area contributed by atoms with E-state index in [4.69, 9.17) is 0 Å². The van der Waals surface area contributed by atoms with Gasteiger partial charge in [0.1, 0.15) is 5.82 Å². The van der Waals surface area contributed by atoms with E-state index in [1.54, 1.807) is 17.1 Å². The van der Waals surface area contributed by atoms with E-state index in [9.17, 15) is 9.18 Å². The summed E-state index contributed by atoms with van der Waals surface area (Å²) in [5.41, 5.74) is 1.07. The average Bonchev–Trinajstić information content (AvgIpc) is 2.96. The highest BCUT2D eigenvalue weighted by Gasteiger charge is 2.28. The van der Waals surface area contributed by atoms with Crippen LogP contribution in [0.25, 0.3) is 0 Å². The Balaban J connectivity index is 2.03. The van der Waals surface area contributed by atoms with Crippen molar-refractivity contribution in [1.82, 2.24) is 9.80 Å². The van der Waals surface area contributed by atoms with E-state index in [2.05, 4.69) is 18.1 Å². The summed E-state index contributed by atoms with van der Waals surface area (Å²) >= 11 is 0. The van der Waals surface area contributed by atoms with Crippen molar-refractivity contribution in [3.63, 3.8) is 0 Å². The summed E-state index contributed by atoms with van der Waals surface area (Å²) in [5.74, 6) is -0.152. The lowest BCUT2D eigenvalue weighted by atomic mass is 10.0. The smallest absolute Gasteiger partial charge is 0.237 e. The van der Waals surface area contributed by atoms with Crippen molar-refractivity contribution in [3.8, 4) is 0 Å². The summed E-state index contributed by atoms with van der Waals surface area (Å²) in [6.45, 7) is 9.71. The Morgan fingerprint density at radius 3 is 2.50 bits per heavy atom. The minimum atomic E-state index is -0.229. The van der Waals surface area contributed by atoms with Crippen LogP contribution in [0.1, 0.15) is 24.4 Å². The lowest BCUT2D eigenvalue weighted by molar-refractivity contribution is -0.131. The first-order valence-electron chi connectivity index (χ1n) is 7.64. The molecule has 0 spiro atoms. The molecule has 3 nitrogen and oxygen atoms in total. The van der Waals surface area contributed by atoms with Crippen molar-refractivity contribution in [3.05, 3.63) is 61.0 Å². The van der Waals surface area contributed by atoms with Gasteiger partial charge < -0.3 is 4.90 Å². The molecule has 1 aromatic rings. The van der Waals surface area contributed by atoms with E-state index >= 15 is 0 Å². The van der Waals surface area contributed by atoms with Gasteiger partial charge >= 0.3 is 0 Å². The third kappa shape index (κ3) is 4.04. The second-order valence-electron chi connectivity index (χ2n) is 5.56. The summed E-state index contributed by atoms with van der Waals surface area (Å²) in [6, 6.07) is 6.78. The maximum absolute atomic E-state index is 13.1. The topological polar surface area (TPSA) is 23.6 Å². The summed E-state index contributed by atoms with van der Waals surface area (Å²) in [4.78, 5) is 16.4. The van der Waals surface area contributed by atoms with Gasteiger partial charge in [-0.25, -0.2) is 4.39 Å². The number of nitrogens with zero attached hydrogens (tertiary/aromatic N) is 2. The molecule has 118 valence electrons. The Kier molecular flexibility index (Phi) is 5.90. The Bertz CT molecular complexity index is 516. The Hall–Kier alpha value is -1.94. The molecule has 0 aromatic heterocycles. The summed E-state index contributed by atoms with van der Waals surface area (Å²) in [7, 11) is 0. The molecule has 0 saturated carbocycles. The number of carbonyl (C=O) groups excluding carboxylic acids is 1. The highest BCUT2D eigenvalue weighted by atomic mass is 19.1. The van der Waals surface area contributed by atoms with Crippen LogP contribution < -0.4 is 0 Å². The van der Waals surface area contributed by atoms with Crippen LogP contribution in [0.2, 0.25) is 0 Å². The second kappa shape index (κ2) is 7.90. The normalized spacial score (nSPS) is 18.1. The van der Waals surface area contributed by atoms with Crippen molar-refractivity contribution in [2.24, 2.45) is 0 Å². The van der Waals surface area contributed by atoms with E-state index in [-0.39, 0.29) is 17.8 Å². The Labute approximate surface area is 131 Å². The molecule has 1 heterocycles. The molecule has 1 amide bonds. The van der Waals surface area contributed by atoms with Crippen LogP contribution in [0.15, 0.2) is 49.6 Å². The average molecular weight is 302 g/mol. The van der Waals surface area contributed by atoms with Crippen molar-refractivity contribution in [1.29, 1.82) is 0 Å². The van der Waals surface area contributed by atoms with Gasteiger partial charge in [-0.15, -0.1) is 13.2 Å². The molecule has 22 heavy (non-hydrogen) atoms. The van der Waals surface area contributed by atoms with Crippen LogP contribution in [-0.4, -0.2) is 41.9 Å². The van der Waals surface area contributed by atoms with Crippen LogP contribution in [0, 0.1) is 5.82 Å². The summed E-state index contributed by atoms with van der Waals surface area (Å²) in [5, 5.41) is 0. The number of rotatable bonds is 7. The van der Waals surface area contributed by atoms with Crippen molar-refractivity contribution in [2.45, 2.75) is 18.9 Å². The van der Waals surface area contributed by atoms with Gasteiger partial charge in [0, 0.05) is 19.1 Å². The Morgan fingerprint density at radius 1 is 1.27 bits per heavy atom. The van der Waals surface area contributed by atoms with Gasteiger partial charge in [0.15, 0.2) is 0 Å². The molecule has 0 N–H and O–H groups in total. The number of hydrogen-bond donors (Lipinski definition) is 0. The molecule has 1 aromatic carbocycles. The van der Waals surface area contributed by atoms with Gasteiger partial charge in [-0.3, -0.25) is 9.69 Å². The van der Waals surface area contributed by atoms with Gasteiger partial charge in [-0.05, 0) is 37.1 Å². The van der Waals surface area contributed by atoms with Gasteiger partial charge in [-0.2, -0.15) is 0 Å². The van der Waals surface area contributed by atoms with Gasteiger partial charge in [-0.1, -0.05) is 24.3 Å². The van der Waals surface area contributed by atoms with Crippen molar-refractivity contribution < 1.29 is 9.18 Å². The lowest BCUT2D eigenvalue weighted by Gasteiger charge is -2.27. The molecule has 4 heteroatoms. The van der Waals surface area contributed by atoms with Gasteiger partial charge in [0.05, 0.1) is 6.54 Å². The van der Waals surface area contributed by atoms with E-state index in [0.717, 1.165) is 24.9 Å². The molecule has 0 aliphatic carbocycles. The predicted octanol–water partition coefficient (Wildman–Crippen LogP) is 3.16. The zero-order chi connectivity index (χ0) is 15.9. The fraction of sp³-hybridized carbons (Fsp3) is 0.389. The SMILES string of the molecule is C=CCN(CC=C)C(=O)CN1CCCC1c1ccc(F)cc1. The molecule has 2 rings (SSSR count). The van der Waals surface area contributed by atoms with E-state index in [1.807, 2.05) is 12.1 Å². The quantitative estimate of drug-likeness (QED) is 0.722. The summed E-state index contributed by atoms with van der Waals surface area (Å²) < 4.78 is 13.1. The van der Waals surface area contributed by atoms with E-state index in [1.165, 1.54) is 12.1 Å². The molecule has 1 unspecified atom stereocenters. The molecule has 1 aliphatic rings. The minimum Gasteiger partial charge on any atom is -0.334 e. The van der Waals surface area contributed by atoms with E-state index < -0.39 is 0 Å². The fourth-order valence-corrected chi connectivity index (χ4v) is 2.94. The number of benzene rings is 1.